The van der Waals surface area contributed by atoms with Gasteiger partial charge < -0.3 is 21.1 Å². The number of anilines is 1. The van der Waals surface area contributed by atoms with Crippen LogP contribution in [0.2, 0.25) is 0 Å². The van der Waals surface area contributed by atoms with Crippen molar-refractivity contribution in [3.05, 3.63) is 59.7 Å². The van der Waals surface area contributed by atoms with Gasteiger partial charge in [-0.25, -0.2) is 4.99 Å². The molecule has 0 aromatic heterocycles. The molecule has 8 nitrogen and oxygen atoms in total. The van der Waals surface area contributed by atoms with Crippen molar-refractivity contribution in [3.63, 3.8) is 0 Å². The number of amides is 3. The van der Waals surface area contributed by atoms with E-state index in [9.17, 15) is 31.9 Å². The lowest BCUT2D eigenvalue weighted by Gasteiger charge is -2.25. The molecule has 3 atom stereocenters. The number of carbonyl (C=O) groups excluding carboxylic acids is 3. The molecular weight excluding hydrogens is 508 g/mol. The maximum Gasteiger partial charge on any atom is 0.389 e. The standard InChI is InChI=1S/C26H28F4N4O4/c1-38-19-11-5-9-18-20(15-7-3-2-4-8-15)32-23(25(37)33-21(18)19)34-24(36)17(12-13-26(28,29)30)16(22(31)35)10-6-14-27/h2-5,7-9,11,16-17,23H,6,10,12-14H2,1H3,(H2,31,35)(H,33,37)(H,34,36). The molecule has 2 aromatic carbocycles. The number of rotatable bonds is 11. The summed E-state index contributed by atoms with van der Waals surface area (Å²) in [4.78, 5) is 43.0. The van der Waals surface area contributed by atoms with E-state index in [1.54, 1.807) is 48.5 Å². The minimum absolute atomic E-state index is 0.168. The number of hydrogen-bond donors (Lipinski definition) is 3. The van der Waals surface area contributed by atoms with Crippen LogP contribution in [-0.4, -0.2) is 49.6 Å². The lowest BCUT2D eigenvalue weighted by Crippen LogP contribution is -2.48. The van der Waals surface area contributed by atoms with E-state index in [-0.39, 0.29) is 12.8 Å². The first kappa shape index (κ1) is 28.6. The van der Waals surface area contributed by atoms with E-state index in [2.05, 4.69) is 15.6 Å². The van der Waals surface area contributed by atoms with Gasteiger partial charge in [0.1, 0.15) is 5.75 Å². The zero-order valence-electron chi connectivity index (χ0n) is 20.6. The van der Waals surface area contributed by atoms with Gasteiger partial charge in [0.25, 0.3) is 5.91 Å². The highest BCUT2D eigenvalue weighted by molar-refractivity contribution is 6.20. The molecule has 204 valence electrons. The third-order valence-electron chi connectivity index (χ3n) is 6.16. The second-order valence-electron chi connectivity index (χ2n) is 8.73. The van der Waals surface area contributed by atoms with Crippen molar-refractivity contribution in [1.82, 2.24) is 5.32 Å². The first-order chi connectivity index (χ1) is 18.1. The summed E-state index contributed by atoms with van der Waals surface area (Å²) in [5, 5.41) is 5.04. The zero-order valence-corrected chi connectivity index (χ0v) is 20.6. The normalized spacial score (nSPS) is 16.8. The lowest BCUT2D eigenvalue weighted by atomic mass is 9.83. The van der Waals surface area contributed by atoms with Crippen molar-refractivity contribution in [2.75, 3.05) is 19.1 Å². The van der Waals surface area contributed by atoms with Gasteiger partial charge in [-0.2, -0.15) is 13.2 Å². The van der Waals surface area contributed by atoms with E-state index in [0.29, 0.717) is 28.3 Å². The average molecular weight is 537 g/mol. The Morgan fingerprint density at radius 2 is 1.82 bits per heavy atom. The van der Waals surface area contributed by atoms with Crippen molar-refractivity contribution in [3.8, 4) is 5.75 Å². The second kappa shape index (κ2) is 12.5. The van der Waals surface area contributed by atoms with Gasteiger partial charge in [0.2, 0.25) is 18.0 Å². The maximum atomic E-state index is 13.3. The van der Waals surface area contributed by atoms with E-state index in [1.165, 1.54) is 7.11 Å². The van der Waals surface area contributed by atoms with Crippen LogP contribution in [0.3, 0.4) is 0 Å². The van der Waals surface area contributed by atoms with Crippen molar-refractivity contribution in [2.45, 2.75) is 38.0 Å². The third-order valence-corrected chi connectivity index (χ3v) is 6.16. The number of ether oxygens (including phenoxy) is 1. The summed E-state index contributed by atoms with van der Waals surface area (Å²) < 4.78 is 57.3. The summed E-state index contributed by atoms with van der Waals surface area (Å²) in [5.74, 6) is -5.41. The van der Waals surface area contributed by atoms with Crippen LogP contribution in [-0.2, 0) is 14.4 Å². The molecule has 0 bridgehead atoms. The molecule has 0 spiro atoms. The number of halogens is 4. The SMILES string of the molecule is COc1cccc2c1NC(=O)C(NC(=O)C(CCC(F)(F)F)C(CCCF)C(N)=O)N=C2c1ccccc1. The number of aliphatic imine (C=N–C) groups is 1. The van der Waals surface area contributed by atoms with Gasteiger partial charge in [-0.3, -0.25) is 18.8 Å². The number of benzodiazepines with no additional fused rings is 1. The number of alkyl halides is 4. The summed E-state index contributed by atoms with van der Waals surface area (Å²) in [7, 11) is 1.41. The van der Waals surface area contributed by atoms with Gasteiger partial charge in [-0.15, -0.1) is 0 Å². The summed E-state index contributed by atoms with van der Waals surface area (Å²) in [5.41, 5.74) is 7.09. The molecule has 3 amide bonds. The van der Waals surface area contributed by atoms with Crippen LogP contribution in [0.15, 0.2) is 53.5 Å². The second-order valence-corrected chi connectivity index (χ2v) is 8.73. The first-order valence-corrected chi connectivity index (χ1v) is 11.9. The molecule has 0 saturated heterocycles. The average Bonchev–Trinajstić information content (AvgIpc) is 3.01. The van der Waals surface area contributed by atoms with E-state index in [1.807, 2.05) is 0 Å². The molecule has 4 N–H and O–H groups in total. The number of nitrogens with zero attached hydrogens (tertiary/aromatic N) is 1. The van der Waals surface area contributed by atoms with E-state index in [0.717, 1.165) is 0 Å². The van der Waals surface area contributed by atoms with Crippen LogP contribution in [0, 0.1) is 11.8 Å². The lowest BCUT2D eigenvalue weighted by molar-refractivity contribution is -0.146. The summed E-state index contributed by atoms with van der Waals surface area (Å²) in [6.45, 7) is -0.840. The number of carbonyl (C=O) groups is 3. The molecule has 1 heterocycles. The number of hydrogen-bond acceptors (Lipinski definition) is 5. The molecule has 3 rings (SSSR count). The van der Waals surface area contributed by atoms with Crippen molar-refractivity contribution < 1.29 is 36.7 Å². The Balaban J connectivity index is 2.01. The minimum atomic E-state index is -4.61. The van der Waals surface area contributed by atoms with Gasteiger partial charge in [-0.05, 0) is 25.3 Å². The van der Waals surface area contributed by atoms with Crippen LogP contribution in [0.25, 0.3) is 0 Å². The highest BCUT2D eigenvalue weighted by Gasteiger charge is 2.38. The molecule has 1 aliphatic rings. The number of benzene rings is 2. The van der Waals surface area contributed by atoms with E-state index < -0.39 is 61.4 Å². The van der Waals surface area contributed by atoms with Gasteiger partial charge in [0.15, 0.2) is 0 Å². The quantitative estimate of drug-likeness (QED) is 0.379. The number of primary amides is 1. The van der Waals surface area contributed by atoms with Crippen LogP contribution in [0.1, 0.15) is 36.8 Å². The molecule has 2 aromatic rings. The summed E-state index contributed by atoms with van der Waals surface area (Å²) in [6.07, 6.45) is -8.71. The van der Waals surface area contributed by atoms with Crippen LogP contribution in [0.5, 0.6) is 5.75 Å². The van der Waals surface area contributed by atoms with Crippen LogP contribution < -0.4 is 21.1 Å². The third kappa shape index (κ3) is 7.08. The Hall–Kier alpha value is -3.96. The molecule has 12 heteroatoms. The Kier molecular flexibility index (Phi) is 9.43. The molecule has 0 aliphatic carbocycles. The van der Waals surface area contributed by atoms with Gasteiger partial charge in [-0.1, -0.05) is 42.5 Å². The molecular formula is C26H28F4N4O4. The minimum Gasteiger partial charge on any atom is -0.495 e. The Morgan fingerprint density at radius 3 is 2.42 bits per heavy atom. The fraction of sp³-hybridized carbons (Fsp3) is 0.385. The number of methoxy groups -OCH3 is 1. The highest BCUT2D eigenvalue weighted by atomic mass is 19.4. The predicted octanol–water partition coefficient (Wildman–Crippen LogP) is 3.74. The molecule has 0 saturated carbocycles. The molecule has 38 heavy (non-hydrogen) atoms. The fourth-order valence-corrected chi connectivity index (χ4v) is 4.31. The summed E-state index contributed by atoms with van der Waals surface area (Å²) >= 11 is 0. The number of nitrogens with two attached hydrogens (primary N) is 1. The van der Waals surface area contributed by atoms with Gasteiger partial charge in [0, 0.05) is 29.4 Å². The van der Waals surface area contributed by atoms with Crippen LogP contribution in [0.4, 0.5) is 23.2 Å². The van der Waals surface area contributed by atoms with Crippen LogP contribution >= 0.6 is 0 Å². The zero-order chi connectivity index (χ0) is 27.9. The maximum absolute atomic E-state index is 13.3. The number of fused-ring (bicyclic) bond motifs is 1. The smallest absolute Gasteiger partial charge is 0.389 e. The first-order valence-electron chi connectivity index (χ1n) is 11.9. The Labute approximate surface area is 216 Å². The van der Waals surface area contributed by atoms with Gasteiger partial charge in [0.05, 0.1) is 25.2 Å². The number of para-hydroxylation sites is 1. The largest absolute Gasteiger partial charge is 0.495 e. The molecule has 1 aliphatic heterocycles. The molecule has 0 radical (unpaired) electrons. The van der Waals surface area contributed by atoms with E-state index >= 15 is 0 Å². The Morgan fingerprint density at radius 1 is 1.11 bits per heavy atom. The highest BCUT2D eigenvalue weighted by Crippen LogP contribution is 2.33. The Bertz CT molecular complexity index is 1190. The predicted molar refractivity (Wildman–Crippen MR) is 132 cm³/mol. The fourth-order valence-electron chi connectivity index (χ4n) is 4.31. The van der Waals surface area contributed by atoms with Crippen molar-refractivity contribution >= 4 is 29.1 Å². The molecule has 3 unspecified atom stereocenters. The van der Waals surface area contributed by atoms with Crippen molar-refractivity contribution in [2.24, 2.45) is 22.6 Å². The number of nitrogens with one attached hydrogen (secondary N) is 2. The van der Waals surface area contributed by atoms with Crippen molar-refractivity contribution in [1.29, 1.82) is 0 Å². The molecule has 0 fully saturated rings. The van der Waals surface area contributed by atoms with E-state index in [4.69, 9.17) is 10.5 Å². The monoisotopic (exact) mass is 536 g/mol. The topological polar surface area (TPSA) is 123 Å². The van der Waals surface area contributed by atoms with Gasteiger partial charge >= 0.3 is 6.18 Å². The summed E-state index contributed by atoms with van der Waals surface area (Å²) in [6, 6.07) is 13.8.